The second-order valence-electron chi connectivity index (χ2n) is 21.2. The van der Waals surface area contributed by atoms with Crippen molar-refractivity contribution >= 4 is 35.8 Å². The highest BCUT2D eigenvalue weighted by Gasteiger charge is 2.32. The quantitative estimate of drug-likeness (QED) is 0.0251. The molecule has 0 saturated heterocycles. The minimum atomic E-state index is -2.97. The van der Waals surface area contributed by atoms with Crippen LogP contribution in [0, 0.1) is 0 Å². The van der Waals surface area contributed by atoms with Crippen LogP contribution in [0.5, 0.6) is 0 Å². The molecule has 3 aromatic carbocycles. The van der Waals surface area contributed by atoms with Gasteiger partial charge in [-0.2, -0.15) is 0 Å². The molecule has 0 fully saturated rings. The summed E-state index contributed by atoms with van der Waals surface area (Å²) in [5.41, 5.74) is -2.10. The number of nitrogens with one attached hydrogen (secondary N) is 6. The number of aliphatic carboxylic acids is 6. The number of rotatable bonds is 34. The number of carbonyl (C=O) groups is 6. The summed E-state index contributed by atoms with van der Waals surface area (Å²) in [5, 5.41) is 90.6. The van der Waals surface area contributed by atoms with E-state index in [1.807, 2.05) is 18.2 Å². The number of aromatic nitrogens is 6. The molecule has 0 amide bonds. The Hall–Kier alpha value is -8.30. The van der Waals surface area contributed by atoms with Crippen LogP contribution >= 0.6 is 0 Å². The second kappa shape index (κ2) is 41.0. The monoisotopic (exact) mass is 1250 g/mol. The third-order valence-electron chi connectivity index (χ3n) is 15.0. The number of likely N-dealkylation sites (N-methyl/N-ethyl adjacent to an activating group) is 3. The van der Waals surface area contributed by atoms with Crippen LogP contribution in [-0.4, -0.2) is 132 Å². The number of aliphatic hydroxyl groups is 2. The molecule has 0 radical (unpaired) electrons. The van der Waals surface area contributed by atoms with Crippen molar-refractivity contribution in [2.75, 3.05) is 58.9 Å². The lowest BCUT2D eigenvalue weighted by molar-refractivity contribution is -0.896. The standard InChI is InChI=1S/3C17H25N3O.2C6H8O7/c3*1-4-15(14-10-8-7-9-11-14)17-18-16(21-19-17)12-13-20(5-2)6-3;2*7-3(8)1-6(13,5(11)12)2-4(9)10/h3*7-11,15H,4-6,12-13H2,1-3H3;2*13H,1-2H2,(H,7,8)(H,9,10)(H,11,12). The summed E-state index contributed by atoms with van der Waals surface area (Å²) in [6.45, 7) is 30.0. The van der Waals surface area contributed by atoms with Crippen molar-refractivity contribution in [1.82, 2.24) is 15.5 Å². The molecular weight excluding hydrogens is 1150 g/mol. The molecule has 0 saturated carbocycles. The molecule has 8 N–H and O–H groups in total. The number of hydrogen-bond acceptors (Lipinski definition) is 20. The summed E-state index contributed by atoms with van der Waals surface area (Å²) in [6.07, 6.45) is 0.328. The summed E-state index contributed by atoms with van der Waals surface area (Å²) < 4.78 is 16.5. The molecule has 6 aromatic rings. The lowest BCUT2D eigenvalue weighted by Crippen LogP contribution is -3.11. The van der Waals surface area contributed by atoms with E-state index in [9.17, 15) is 59.4 Å². The van der Waals surface area contributed by atoms with Gasteiger partial charge in [-0.05, 0) is 77.5 Å². The molecule has 0 aliphatic carbocycles. The molecule has 0 bridgehead atoms. The Morgan fingerprint density at radius 2 is 0.618 bits per heavy atom. The third kappa shape index (κ3) is 27.7. The maximum Gasteiger partial charge on any atom is 0.354 e. The van der Waals surface area contributed by atoms with Crippen molar-refractivity contribution < 1.29 is 113 Å². The predicted molar refractivity (Wildman–Crippen MR) is 305 cm³/mol. The number of quaternary nitrogens is 3. The smallest absolute Gasteiger partial charge is 0.354 e. The number of carboxylic acid groups (broad SMARTS) is 6. The molecule has 3 aromatic heterocycles. The van der Waals surface area contributed by atoms with Crippen LogP contribution in [0.2, 0.25) is 0 Å². The summed E-state index contributed by atoms with van der Waals surface area (Å²) >= 11 is 0. The molecule has 26 nitrogen and oxygen atoms in total. The maximum absolute atomic E-state index is 10.1. The van der Waals surface area contributed by atoms with Crippen molar-refractivity contribution in [2.45, 2.75) is 155 Å². The Morgan fingerprint density at radius 3 is 0.787 bits per heavy atom. The zero-order valence-corrected chi connectivity index (χ0v) is 52.7. The average Bonchev–Trinajstić information content (AvgIpc) is 3.62. The lowest BCUT2D eigenvalue weighted by atomic mass is 9.96. The van der Waals surface area contributed by atoms with Crippen molar-refractivity contribution in [3.05, 3.63) is 143 Å². The fourth-order valence-corrected chi connectivity index (χ4v) is 9.52. The highest BCUT2D eigenvalue weighted by Crippen LogP contribution is 2.26. The maximum atomic E-state index is 10.1. The Bertz CT molecular complexity index is 2650. The van der Waals surface area contributed by atoms with Gasteiger partial charge in [0.05, 0.1) is 108 Å². The van der Waals surface area contributed by atoms with Gasteiger partial charge in [0.2, 0.25) is 0 Å². The van der Waals surface area contributed by atoms with Gasteiger partial charge in [-0.25, -0.2) is 28.5 Å². The summed E-state index contributed by atoms with van der Waals surface area (Å²) in [4.78, 5) is 74.9. The van der Waals surface area contributed by atoms with Crippen LogP contribution in [0.25, 0.3) is 0 Å². The van der Waals surface area contributed by atoms with Gasteiger partial charge in [-0.15, -0.1) is 0 Å². The largest absolute Gasteiger partial charge is 0.550 e. The fourth-order valence-electron chi connectivity index (χ4n) is 9.52. The van der Waals surface area contributed by atoms with E-state index >= 15 is 0 Å². The Morgan fingerprint density at radius 1 is 0.404 bits per heavy atom. The van der Waals surface area contributed by atoms with E-state index in [-0.39, 0.29) is 17.8 Å². The van der Waals surface area contributed by atoms with Gasteiger partial charge in [0.25, 0.3) is 0 Å². The molecule has 3 unspecified atom stereocenters. The molecule has 26 heteroatoms. The van der Waals surface area contributed by atoms with Gasteiger partial charge in [0.15, 0.2) is 15.5 Å². The molecule has 6 rings (SSSR count). The molecule has 0 aliphatic heterocycles. The molecular formula is C63H91N9O17. The molecule has 490 valence electrons. The number of benzene rings is 3. The second-order valence-corrected chi connectivity index (χ2v) is 21.2. The van der Waals surface area contributed by atoms with Crippen LogP contribution in [0.1, 0.15) is 177 Å². The normalized spacial score (nSPS) is 12.2. The van der Waals surface area contributed by atoms with Gasteiger partial charge >= 0.3 is 35.1 Å². The third-order valence-corrected chi connectivity index (χ3v) is 15.0. The molecule has 3 heterocycles. The number of aromatic amines is 3. The molecule has 0 spiro atoms. The van der Waals surface area contributed by atoms with Crippen molar-refractivity contribution in [1.29, 1.82) is 0 Å². The molecule has 3 atom stereocenters. The van der Waals surface area contributed by atoms with Gasteiger partial charge in [0, 0.05) is 49.6 Å². The Kier molecular flexibility index (Phi) is 35.4. The minimum absolute atomic E-state index is 0.282. The van der Waals surface area contributed by atoms with Gasteiger partial charge in [-0.1, -0.05) is 112 Å². The van der Waals surface area contributed by atoms with Gasteiger partial charge < -0.3 is 84.3 Å². The van der Waals surface area contributed by atoms with Crippen LogP contribution in [0.15, 0.2) is 105 Å². The number of H-pyrrole nitrogens is 3. The van der Waals surface area contributed by atoms with Gasteiger partial charge in [0.1, 0.15) is 11.2 Å². The highest BCUT2D eigenvalue weighted by atomic mass is 16.5. The van der Waals surface area contributed by atoms with Crippen LogP contribution in [-0.2, 0) is 48.0 Å². The van der Waals surface area contributed by atoms with Crippen LogP contribution in [0.3, 0.4) is 0 Å². The van der Waals surface area contributed by atoms with E-state index < -0.39 is 72.7 Å². The van der Waals surface area contributed by atoms with E-state index in [4.69, 9.17) is 23.8 Å². The van der Waals surface area contributed by atoms with Crippen molar-refractivity contribution in [3.63, 3.8) is 0 Å². The van der Waals surface area contributed by atoms with Crippen molar-refractivity contribution in [3.8, 4) is 0 Å². The first-order chi connectivity index (χ1) is 42.4. The highest BCUT2D eigenvalue weighted by molar-refractivity contribution is 5.86. The van der Waals surface area contributed by atoms with Crippen LogP contribution in [0.4, 0.5) is 0 Å². The van der Waals surface area contributed by atoms with E-state index in [0.29, 0.717) is 0 Å². The minimum Gasteiger partial charge on any atom is -0.550 e. The number of carbonyl (C=O) groups excluding carboxylic acids is 6. The first kappa shape index (κ1) is 76.8. The molecule has 0 aliphatic rings. The van der Waals surface area contributed by atoms with Crippen LogP contribution < -0.4 is 60.3 Å². The lowest BCUT2D eigenvalue weighted by Gasteiger charge is -2.29. The van der Waals surface area contributed by atoms with E-state index in [0.717, 1.165) is 133 Å². The summed E-state index contributed by atoms with van der Waals surface area (Å²) in [6, 6.07) is 31.5. The summed E-state index contributed by atoms with van der Waals surface area (Å²) in [7, 11) is 0. The number of hydrogen-bond donors (Lipinski definition) is 5. The fraction of sp³-hybridized carbons (Fsp3) is 0.524. The number of carboxylic acids is 6. The summed E-state index contributed by atoms with van der Waals surface area (Å²) in [5.74, 6) is -5.65. The zero-order chi connectivity index (χ0) is 66.5. The van der Waals surface area contributed by atoms with Gasteiger partial charge in [-0.3, -0.25) is 0 Å². The predicted octanol–water partition coefficient (Wildman–Crippen LogP) is -6.01. The van der Waals surface area contributed by atoms with Crippen molar-refractivity contribution in [2.24, 2.45) is 0 Å². The number of nitrogens with zero attached hydrogens (tertiary/aromatic N) is 3. The van der Waals surface area contributed by atoms with E-state index in [1.54, 1.807) is 14.7 Å². The Balaban J connectivity index is 0.000000386. The Labute approximate surface area is 519 Å². The van der Waals surface area contributed by atoms with E-state index in [2.05, 4.69) is 166 Å². The first-order valence-corrected chi connectivity index (χ1v) is 30.4. The SMILES string of the molecule is CCC(c1ccccc1)c1noc(CC[NH+](CC)CC)[nH+]1.CCC(c1ccccc1)c1noc(CC[NH+](CC)CC)[nH+]1.CCC(c1ccccc1)c1noc(CC[NH+](CC)CC)[nH+]1.O=C([O-])CC(O)(CC(=O)[O-])C(=O)[O-].O=C([O-])CC(O)(CC(=O)[O-])C(=O)[O-]. The van der Waals surface area contributed by atoms with E-state index in [1.165, 1.54) is 16.7 Å². The zero-order valence-electron chi connectivity index (χ0n) is 52.7. The first-order valence-electron chi connectivity index (χ1n) is 30.4. The average molecular weight is 1250 g/mol. The topological polar surface area (TPSA) is 415 Å². The molecule has 89 heavy (non-hydrogen) atoms.